The third kappa shape index (κ3) is 2.99. The predicted octanol–water partition coefficient (Wildman–Crippen LogP) is 0.480. The Bertz CT molecular complexity index is 544. The van der Waals surface area contributed by atoms with Crippen LogP contribution in [0.4, 0.5) is 0 Å². The topological polar surface area (TPSA) is 71.8 Å². The molecule has 0 aliphatic carbocycles. The summed E-state index contributed by atoms with van der Waals surface area (Å²) in [7, 11) is 0. The van der Waals surface area contributed by atoms with E-state index in [1.54, 1.807) is 22.2 Å². The highest BCUT2D eigenvalue weighted by atomic mass is 32.1. The molecule has 3 heterocycles. The third-order valence-electron chi connectivity index (χ3n) is 3.06. The molecule has 19 heavy (non-hydrogen) atoms. The number of hydrogen-bond acceptors (Lipinski definition) is 5. The standard InChI is InChI=1S/C12H15N5OS/c18-12(14-9-3-4-13-6-9)11-8-17(16-15-11)7-10-2-1-5-19-10/h1-2,5,8-9,13H,3-4,6-7H2,(H,14,18). The van der Waals surface area contributed by atoms with Gasteiger partial charge in [0.2, 0.25) is 0 Å². The zero-order valence-corrected chi connectivity index (χ0v) is 11.2. The number of carbonyl (C=O) groups excluding carboxylic acids is 1. The van der Waals surface area contributed by atoms with Crippen molar-refractivity contribution in [3.63, 3.8) is 0 Å². The maximum atomic E-state index is 12.0. The van der Waals surface area contributed by atoms with Crippen LogP contribution in [0.15, 0.2) is 23.7 Å². The van der Waals surface area contributed by atoms with E-state index in [0.717, 1.165) is 19.5 Å². The molecule has 0 radical (unpaired) electrons. The zero-order chi connectivity index (χ0) is 13.1. The average Bonchev–Trinajstić information content (AvgIpc) is 3.10. The van der Waals surface area contributed by atoms with Crippen LogP contribution in [-0.2, 0) is 6.54 Å². The average molecular weight is 277 g/mol. The molecule has 3 rings (SSSR count). The molecule has 2 aromatic heterocycles. The first-order valence-electron chi connectivity index (χ1n) is 6.25. The number of rotatable bonds is 4. The molecule has 2 N–H and O–H groups in total. The fourth-order valence-electron chi connectivity index (χ4n) is 2.08. The highest BCUT2D eigenvalue weighted by molar-refractivity contribution is 7.09. The van der Waals surface area contributed by atoms with Gasteiger partial charge in [0.05, 0.1) is 12.7 Å². The molecule has 0 saturated carbocycles. The molecule has 0 aromatic carbocycles. The molecular weight excluding hydrogens is 262 g/mol. The van der Waals surface area contributed by atoms with Crippen molar-refractivity contribution in [2.45, 2.75) is 19.0 Å². The second-order valence-corrected chi connectivity index (χ2v) is 5.58. The van der Waals surface area contributed by atoms with Crippen LogP contribution in [0.25, 0.3) is 0 Å². The van der Waals surface area contributed by atoms with E-state index in [-0.39, 0.29) is 11.9 Å². The first-order valence-corrected chi connectivity index (χ1v) is 7.13. The van der Waals surface area contributed by atoms with E-state index in [4.69, 9.17) is 0 Å². The van der Waals surface area contributed by atoms with Crippen molar-refractivity contribution in [1.29, 1.82) is 0 Å². The number of hydrogen-bond donors (Lipinski definition) is 2. The second kappa shape index (κ2) is 5.50. The SMILES string of the molecule is O=C(NC1CCNC1)c1cn(Cc2cccs2)nn1. The van der Waals surface area contributed by atoms with Gasteiger partial charge in [0.15, 0.2) is 5.69 Å². The van der Waals surface area contributed by atoms with Gasteiger partial charge in [-0.15, -0.1) is 16.4 Å². The fourth-order valence-corrected chi connectivity index (χ4v) is 2.77. The van der Waals surface area contributed by atoms with Crippen LogP contribution in [0.2, 0.25) is 0 Å². The van der Waals surface area contributed by atoms with Gasteiger partial charge in [0.1, 0.15) is 0 Å². The molecule has 1 aliphatic rings. The van der Waals surface area contributed by atoms with Crippen molar-refractivity contribution in [2.24, 2.45) is 0 Å². The predicted molar refractivity (Wildman–Crippen MR) is 72.2 cm³/mol. The summed E-state index contributed by atoms with van der Waals surface area (Å²) in [5.74, 6) is -0.147. The smallest absolute Gasteiger partial charge is 0.273 e. The van der Waals surface area contributed by atoms with Crippen molar-refractivity contribution in [1.82, 2.24) is 25.6 Å². The van der Waals surface area contributed by atoms with Crippen molar-refractivity contribution < 1.29 is 4.79 Å². The van der Waals surface area contributed by atoms with Gasteiger partial charge >= 0.3 is 0 Å². The molecule has 1 atom stereocenters. The summed E-state index contributed by atoms with van der Waals surface area (Å²) in [5.41, 5.74) is 0.378. The fraction of sp³-hybridized carbons (Fsp3) is 0.417. The largest absolute Gasteiger partial charge is 0.347 e. The normalized spacial score (nSPS) is 18.6. The van der Waals surface area contributed by atoms with E-state index >= 15 is 0 Å². The molecule has 0 bridgehead atoms. The number of amides is 1. The molecule has 6 nitrogen and oxygen atoms in total. The van der Waals surface area contributed by atoms with Crippen LogP contribution in [0.3, 0.4) is 0 Å². The van der Waals surface area contributed by atoms with E-state index in [1.807, 2.05) is 17.5 Å². The Balaban J connectivity index is 1.62. The lowest BCUT2D eigenvalue weighted by Crippen LogP contribution is -2.36. The lowest BCUT2D eigenvalue weighted by molar-refractivity contribution is 0.0935. The summed E-state index contributed by atoms with van der Waals surface area (Å²) < 4.78 is 1.69. The van der Waals surface area contributed by atoms with Crippen LogP contribution >= 0.6 is 11.3 Å². The number of nitrogens with zero attached hydrogens (tertiary/aromatic N) is 3. The Morgan fingerprint density at radius 3 is 3.32 bits per heavy atom. The minimum absolute atomic E-state index is 0.147. The van der Waals surface area contributed by atoms with Gasteiger partial charge < -0.3 is 10.6 Å². The molecule has 1 saturated heterocycles. The van der Waals surface area contributed by atoms with Gasteiger partial charge in [0, 0.05) is 17.5 Å². The van der Waals surface area contributed by atoms with Crippen molar-refractivity contribution >= 4 is 17.2 Å². The summed E-state index contributed by atoms with van der Waals surface area (Å²) >= 11 is 1.66. The maximum absolute atomic E-state index is 12.0. The number of aromatic nitrogens is 3. The van der Waals surface area contributed by atoms with E-state index in [2.05, 4.69) is 20.9 Å². The van der Waals surface area contributed by atoms with Gasteiger partial charge in [-0.25, -0.2) is 4.68 Å². The summed E-state index contributed by atoms with van der Waals surface area (Å²) in [6.45, 7) is 2.44. The zero-order valence-electron chi connectivity index (χ0n) is 10.4. The quantitative estimate of drug-likeness (QED) is 0.852. The highest BCUT2D eigenvalue weighted by Gasteiger charge is 2.19. The number of carbonyl (C=O) groups is 1. The number of thiophene rings is 1. The van der Waals surface area contributed by atoms with Crippen LogP contribution < -0.4 is 10.6 Å². The Morgan fingerprint density at radius 1 is 1.63 bits per heavy atom. The van der Waals surface area contributed by atoms with Gasteiger partial charge in [-0.3, -0.25) is 4.79 Å². The first kappa shape index (κ1) is 12.3. The van der Waals surface area contributed by atoms with Crippen LogP contribution in [0.5, 0.6) is 0 Å². The second-order valence-electron chi connectivity index (χ2n) is 4.54. The summed E-state index contributed by atoms with van der Waals surface area (Å²) in [6, 6.07) is 4.24. The van der Waals surface area contributed by atoms with E-state index in [9.17, 15) is 4.79 Å². The van der Waals surface area contributed by atoms with Gasteiger partial charge in [-0.2, -0.15) is 0 Å². The van der Waals surface area contributed by atoms with E-state index < -0.39 is 0 Å². The first-order chi connectivity index (χ1) is 9.31. The number of nitrogens with one attached hydrogen (secondary N) is 2. The van der Waals surface area contributed by atoms with Gasteiger partial charge in [0.25, 0.3) is 5.91 Å². The molecular formula is C12H15N5OS. The lowest BCUT2D eigenvalue weighted by Gasteiger charge is -2.08. The van der Waals surface area contributed by atoms with Crippen molar-refractivity contribution in [3.8, 4) is 0 Å². The van der Waals surface area contributed by atoms with Crippen molar-refractivity contribution in [3.05, 3.63) is 34.3 Å². The Morgan fingerprint density at radius 2 is 2.58 bits per heavy atom. The maximum Gasteiger partial charge on any atom is 0.273 e. The van der Waals surface area contributed by atoms with Crippen LogP contribution in [-0.4, -0.2) is 40.0 Å². The monoisotopic (exact) mass is 277 g/mol. The Labute approximate surface area is 114 Å². The minimum Gasteiger partial charge on any atom is -0.347 e. The molecule has 1 fully saturated rings. The van der Waals surface area contributed by atoms with Crippen molar-refractivity contribution in [2.75, 3.05) is 13.1 Å². The molecule has 1 aliphatic heterocycles. The highest BCUT2D eigenvalue weighted by Crippen LogP contribution is 2.10. The molecule has 7 heteroatoms. The molecule has 1 unspecified atom stereocenters. The lowest BCUT2D eigenvalue weighted by atomic mass is 10.2. The van der Waals surface area contributed by atoms with Gasteiger partial charge in [-0.1, -0.05) is 11.3 Å². The molecule has 100 valence electrons. The van der Waals surface area contributed by atoms with Crippen LogP contribution in [0.1, 0.15) is 21.8 Å². The van der Waals surface area contributed by atoms with Gasteiger partial charge in [-0.05, 0) is 24.4 Å². The summed E-state index contributed by atoms with van der Waals surface area (Å²) in [6.07, 6.45) is 2.66. The third-order valence-corrected chi connectivity index (χ3v) is 3.93. The Hall–Kier alpha value is -1.73. The Kier molecular flexibility index (Phi) is 3.56. The van der Waals surface area contributed by atoms with Crippen LogP contribution in [0, 0.1) is 0 Å². The summed E-state index contributed by atoms with van der Waals surface area (Å²) in [4.78, 5) is 13.2. The molecule has 0 spiro atoms. The molecule has 1 amide bonds. The van der Waals surface area contributed by atoms with E-state index in [1.165, 1.54) is 4.88 Å². The molecule has 2 aromatic rings. The minimum atomic E-state index is -0.147. The summed E-state index contributed by atoms with van der Waals surface area (Å²) in [5, 5.41) is 16.1. The van der Waals surface area contributed by atoms with E-state index in [0.29, 0.717) is 12.2 Å².